The number of hydrogen-bond acceptors (Lipinski definition) is 3. The summed E-state index contributed by atoms with van der Waals surface area (Å²) in [6.07, 6.45) is 6.20. The minimum atomic E-state index is -0.471. The highest BCUT2D eigenvalue weighted by Gasteiger charge is 2.20. The van der Waals surface area contributed by atoms with Crippen LogP contribution in [0.4, 0.5) is 5.69 Å². The van der Waals surface area contributed by atoms with Gasteiger partial charge in [-0.1, -0.05) is 30.3 Å². The van der Waals surface area contributed by atoms with Crippen LogP contribution in [-0.2, 0) is 24.1 Å². The van der Waals surface area contributed by atoms with Gasteiger partial charge in [0, 0.05) is 25.3 Å². The monoisotopic (exact) mass is 378 g/mol. The van der Waals surface area contributed by atoms with Crippen molar-refractivity contribution in [1.29, 1.82) is 0 Å². The van der Waals surface area contributed by atoms with E-state index >= 15 is 0 Å². The minimum absolute atomic E-state index is 0.0322. The van der Waals surface area contributed by atoms with Crippen molar-refractivity contribution >= 4 is 11.6 Å². The summed E-state index contributed by atoms with van der Waals surface area (Å²) < 4.78 is 6.03. The Hall–Kier alpha value is -2.49. The van der Waals surface area contributed by atoms with Crippen LogP contribution in [-0.4, -0.2) is 31.6 Å². The van der Waals surface area contributed by atoms with E-state index in [1.165, 1.54) is 35.2 Å². The number of carbonyl (C=O) groups is 1. The molecule has 4 heteroatoms. The molecule has 1 N–H and O–H groups in total. The van der Waals surface area contributed by atoms with Crippen molar-refractivity contribution in [2.45, 2.75) is 51.6 Å². The van der Waals surface area contributed by atoms with Gasteiger partial charge in [0.2, 0.25) is 0 Å². The zero-order valence-corrected chi connectivity index (χ0v) is 16.7. The first-order chi connectivity index (χ1) is 13.7. The van der Waals surface area contributed by atoms with E-state index in [4.69, 9.17) is 4.74 Å². The summed E-state index contributed by atoms with van der Waals surface area (Å²) in [5, 5.41) is 3.04. The van der Waals surface area contributed by atoms with Gasteiger partial charge in [0.15, 0.2) is 6.10 Å². The van der Waals surface area contributed by atoms with Crippen LogP contribution >= 0.6 is 0 Å². The molecule has 2 aromatic rings. The number of nitrogens with zero attached hydrogens (tertiary/aromatic N) is 1. The molecule has 0 saturated carbocycles. The van der Waals surface area contributed by atoms with Gasteiger partial charge in [0.05, 0.1) is 0 Å². The van der Waals surface area contributed by atoms with Crippen molar-refractivity contribution in [3.63, 3.8) is 0 Å². The second-order valence-electron chi connectivity index (χ2n) is 7.87. The summed E-state index contributed by atoms with van der Waals surface area (Å²) in [4.78, 5) is 14.9. The van der Waals surface area contributed by atoms with Gasteiger partial charge in [-0.3, -0.25) is 4.79 Å². The third-order valence-corrected chi connectivity index (χ3v) is 5.91. The molecule has 0 saturated heterocycles. The van der Waals surface area contributed by atoms with Gasteiger partial charge in [0.1, 0.15) is 5.75 Å². The van der Waals surface area contributed by atoms with E-state index in [-0.39, 0.29) is 5.91 Å². The molecule has 0 unspecified atom stereocenters. The number of aryl methyl sites for hydroxylation is 1. The van der Waals surface area contributed by atoms with Gasteiger partial charge < -0.3 is 15.0 Å². The van der Waals surface area contributed by atoms with Crippen LogP contribution in [0.15, 0.2) is 42.5 Å². The van der Waals surface area contributed by atoms with E-state index in [0.29, 0.717) is 6.54 Å². The molecule has 0 spiro atoms. The fourth-order valence-corrected chi connectivity index (χ4v) is 4.36. The van der Waals surface area contributed by atoms with E-state index in [9.17, 15) is 4.79 Å². The maximum atomic E-state index is 12.5. The Morgan fingerprint density at radius 1 is 1.07 bits per heavy atom. The number of nitrogens with one attached hydrogen (secondary N) is 1. The zero-order valence-electron chi connectivity index (χ0n) is 16.7. The lowest BCUT2D eigenvalue weighted by atomic mass is 9.91. The molecular weight excluding hydrogens is 348 g/mol. The van der Waals surface area contributed by atoms with Gasteiger partial charge in [-0.15, -0.1) is 0 Å². The van der Waals surface area contributed by atoms with Crippen LogP contribution in [0, 0.1) is 0 Å². The topological polar surface area (TPSA) is 41.6 Å². The number of rotatable bonds is 7. The Balaban J connectivity index is 1.23. The van der Waals surface area contributed by atoms with E-state index < -0.39 is 6.10 Å². The second-order valence-corrected chi connectivity index (χ2v) is 7.87. The maximum absolute atomic E-state index is 12.5. The van der Waals surface area contributed by atoms with Crippen LogP contribution in [0.3, 0.4) is 0 Å². The first kappa shape index (κ1) is 18.9. The molecule has 28 heavy (non-hydrogen) atoms. The molecule has 4 rings (SSSR count). The molecule has 0 aromatic heterocycles. The number of amides is 1. The van der Waals surface area contributed by atoms with Gasteiger partial charge >= 0.3 is 0 Å². The predicted octanol–water partition coefficient (Wildman–Crippen LogP) is 3.90. The standard InChI is InChI=1S/C24H30N2O2/c1-18(28-23-13-6-10-19-8-2-4-11-21(19)23)24(27)25-15-7-16-26-17-14-20-9-3-5-12-22(20)26/h3,5-6,9-10,12-13,18H,2,4,7-8,11,14-17H2,1H3,(H,25,27)/t18-/m0/s1. The van der Waals surface area contributed by atoms with Crippen molar-refractivity contribution in [2.75, 3.05) is 24.5 Å². The second kappa shape index (κ2) is 8.68. The summed E-state index contributed by atoms with van der Waals surface area (Å²) in [5.74, 6) is 0.851. The SMILES string of the molecule is C[C@H](Oc1cccc2c1CCCC2)C(=O)NCCCN1CCc2ccccc21. The quantitative estimate of drug-likeness (QED) is 0.743. The molecule has 1 aliphatic heterocycles. The smallest absolute Gasteiger partial charge is 0.260 e. The first-order valence-electron chi connectivity index (χ1n) is 10.6. The molecule has 1 atom stereocenters. The maximum Gasteiger partial charge on any atom is 0.260 e. The number of hydrogen-bond donors (Lipinski definition) is 1. The highest BCUT2D eigenvalue weighted by atomic mass is 16.5. The molecular formula is C24H30N2O2. The van der Waals surface area contributed by atoms with Gasteiger partial charge in [-0.05, 0) is 74.3 Å². The van der Waals surface area contributed by atoms with E-state index in [1.807, 2.05) is 19.1 Å². The van der Waals surface area contributed by atoms with Crippen molar-refractivity contribution in [2.24, 2.45) is 0 Å². The van der Waals surface area contributed by atoms with Crippen molar-refractivity contribution in [3.8, 4) is 5.75 Å². The summed E-state index contributed by atoms with van der Waals surface area (Å²) in [7, 11) is 0. The molecule has 1 amide bonds. The van der Waals surface area contributed by atoms with Crippen LogP contribution in [0.5, 0.6) is 5.75 Å². The Bertz CT molecular complexity index is 833. The summed E-state index contributed by atoms with van der Waals surface area (Å²) in [6.45, 7) is 4.57. The lowest BCUT2D eigenvalue weighted by molar-refractivity contribution is -0.127. The molecule has 1 aliphatic carbocycles. The number of para-hydroxylation sites is 1. The summed E-state index contributed by atoms with van der Waals surface area (Å²) in [5.41, 5.74) is 5.45. The highest BCUT2D eigenvalue weighted by molar-refractivity contribution is 5.80. The number of benzene rings is 2. The minimum Gasteiger partial charge on any atom is -0.481 e. The molecule has 0 bridgehead atoms. The predicted molar refractivity (Wildman–Crippen MR) is 113 cm³/mol. The van der Waals surface area contributed by atoms with Gasteiger partial charge in [-0.2, -0.15) is 0 Å². The van der Waals surface area contributed by atoms with Gasteiger partial charge in [-0.25, -0.2) is 0 Å². The van der Waals surface area contributed by atoms with Crippen molar-refractivity contribution in [1.82, 2.24) is 5.32 Å². The average Bonchev–Trinajstić information content (AvgIpc) is 3.14. The third-order valence-electron chi connectivity index (χ3n) is 5.91. The fraction of sp³-hybridized carbons (Fsp3) is 0.458. The molecule has 4 nitrogen and oxygen atoms in total. The average molecular weight is 379 g/mol. The molecule has 148 valence electrons. The van der Waals surface area contributed by atoms with E-state index in [1.54, 1.807) is 0 Å². The Kier molecular flexibility index (Phi) is 5.84. The lowest BCUT2D eigenvalue weighted by Crippen LogP contribution is -2.38. The van der Waals surface area contributed by atoms with Crippen molar-refractivity contribution < 1.29 is 9.53 Å². The van der Waals surface area contributed by atoms with Crippen LogP contribution < -0.4 is 15.0 Å². The molecule has 0 fully saturated rings. The van der Waals surface area contributed by atoms with E-state index in [0.717, 1.165) is 44.5 Å². The zero-order chi connectivity index (χ0) is 19.3. The fourth-order valence-electron chi connectivity index (χ4n) is 4.36. The van der Waals surface area contributed by atoms with Crippen LogP contribution in [0.2, 0.25) is 0 Å². The van der Waals surface area contributed by atoms with Crippen molar-refractivity contribution in [3.05, 3.63) is 59.2 Å². The number of fused-ring (bicyclic) bond motifs is 2. The lowest BCUT2D eigenvalue weighted by Gasteiger charge is -2.22. The van der Waals surface area contributed by atoms with E-state index in [2.05, 4.69) is 40.5 Å². The Morgan fingerprint density at radius 3 is 2.82 bits per heavy atom. The highest BCUT2D eigenvalue weighted by Crippen LogP contribution is 2.30. The molecule has 2 aromatic carbocycles. The number of ether oxygens (including phenoxy) is 1. The van der Waals surface area contributed by atoms with Crippen LogP contribution in [0.25, 0.3) is 0 Å². The third kappa shape index (κ3) is 4.16. The number of anilines is 1. The molecule has 0 radical (unpaired) electrons. The summed E-state index contributed by atoms with van der Waals surface area (Å²) in [6, 6.07) is 14.8. The molecule has 2 aliphatic rings. The number of carbonyl (C=O) groups excluding carboxylic acids is 1. The largest absolute Gasteiger partial charge is 0.481 e. The first-order valence-corrected chi connectivity index (χ1v) is 10.6. The molecule has 1 heterocycles. The van der Waals surface area contributed by atoms with Crippen LogP contribution in [0.1, 0.15) is 42.9 Å². The summed E-state index contributed by atoms with van der Waals surface area (Å²) >= 11 is 0. The van der Waals surface area contributed by atoms with Gasteiger partial charge in [0.25, 0.3) is 5.91 Å². The normalized spacial score (nSPS) is 16.2. The Labute approximate surface area is 167 Å². The Morgan fingerprint density at radius 2 is 1.89 bits per heavy atom.